The van der Waals surface area contributed by atoms with Gasteiger partial charge >= 0.3 is 12.1 Å². The van der Waals surface area contributed by atoms with Gasteiger partial charge in [-0.3, -0.25) is 0 Å². The molecule has 0 radical (unpaired) electrons. The molecule has 0 aliphatic carbocycles. The SMILES string of the molecule is CNCCN(C)C(=O)OCc1ccc(/N=N/c2ccc(O)c(C(=O)O)c2)cc1.Cl. The van der Waals surface area contributed by atoms with E-state index in [1.54, 1.807) is 31.3 Å². The molecule has 0 bridgehead atoms. The second-order valence-corrected chi connectivity index (χ2v) is 5.95. The van der Waals surface area contributed by atoms with E-state index < -0.39 is 12.1 Å². The van der Waals surface area contributed by atoms with Crippen molar-refractivity contribution in [1.82, 2.24) is 10.2 Å². The predicted molar refractivity (Wildman–Crippen MR) is 110 cm³/mol. The van der Waals surface area contributed by atoms with E-state index >= 15 is 0 Å². The predicted octanol–water partition coefficient (Wildman–Crippen LogP) is 3.72. The number of aromatic hydroxyl groups is 1. The maximum atomic E-state index is 11.8. The molecule has 0 heterocycles. The van der Waals surface area contributed by atoms with Crippen LogP contribution in [0.2, 0.25) is 0 Å². The zero-order valence-corrected chi connectivity index (χ0v) is 16.8. The number of benzene rings is 2. The van der Waals surface area contributed by atoms with E-state index in [1.807, 2.05) is 7.05 Å². The van der Waals surface area contributed by atoms with Crippen LogP contribution in [0.25, 0.3) is 0 Å². The lowest BCUT2D eigenvalue weighted by Crippen LogP contribution is -2.33. The number of nitrogens with one attached hydrogen (secondary N) is 1. The van der Waals surface area contributed by atoms with Gasteiger partial charge in [0.1, 0.15) is 17.9 Å². The molecule has 10 heteroatoms. The minimum atomic E-state index is -1.25. The van der Waals surface area contributed by atoms with Crippen LogP contribution in [-0.4, -0.2) is 54.4 Å². The number of halogens is 1. The van der Waals surface area contributed by atoms with Gasteiger partial charge in [0.05, 0.1) is 11.4 Å². The van der Waals surface area contributed by atoms with Crippen LogP contribution in [0.5, 0.6) is 5.75 Å². The third kappa shape index (κ3) is 7.40. The number of phenols is 1. The summed E-state index contributed by atoms with van der Waals surface area (Å²) in [6, 6.07) is 10.9. The molecule has 1 amide bonds. The third-order valence-electron chi connectivity index (χ3n) is 3.80. The number of aromatic carboxylic acids is 1. The van der Waals surface area contributed by atoms with E-state index in [-0.39, 0.29) is 30.3 Å². The van der Waals surface area contributed by atoms with Crippen LogP contribution in [0.3, 0.4) is 0 Å². The number of amides is 1. The monoisotopic (exact) mass is 422 g/mol. The zero-order valence-electron chi connectivity index (χ0n) is 16.0. The Morgan fingerprint density at radius 3 is 2.34 bits per heavy atom. The minimum Gasteiger partial charge on any atom is -0.507 e. The molecule has 0 aliphatic heterocycles. The number of likely N-dealkylation sites (N-methyl/N-ethyl adjacent to an activating group) is 2. The maximum absolute atomic E-state index is 11.8. The summed E-state index contributed by atoms with van der Waals surface area (Å²) < 4.78 is 5.23. The van der Waals surface area contributed by atoms with Crippen molar-refractivity contribution in [2.45, 2.75) is 6.61 Å². The summed E-state index contributed by atoms with van der Waals surface area (Å²) >= 11 is 0. The van der Waals surface area contributed by atoms with Crippen molar-refractivity contribution < 1.29 is 24.5 Å². The van der Waals surface area contributed by atoms with Gasteiger partial charge in [0.2, 0.25) is 0 Å². The number of hydrogen-bond donors (Lipinski definition) is 3. The Bertz CT molecular complexity index is 858. The minimum absolute atomic E-state index is 0. The molecule has 0 spiro atoms. The summed E-state index contributed by atoms with van der Waals surface area (Å²) in [5, 5.41) is 29.4. The Labute approximate surface area is 174 Å². The van der Waals surface area contributed by atoms with Crippen molar-refractivity contribution >= 4 is 35.8 Å². The summed E-state index contributed by atoms with van der Waals surface area (Å²) in [6.45, 7) is 1.37. The maximum Gasteiger partial charge on any atom is 0.409 e. The lowest BCUT2D eigenvalue weighted by molar-refractivity contribution is 0.0693. The number of carbonyl (C=O) groups is 2. The van der Waals surface area contributed by atoms with Crippen LogP contribution in [0.15, 0.2) is 52.7 Å². The smallest absolute Gasteiger partial charge is 0.409 e. The highest BCUT2D eigenvalue weighted by Gasteiger charge is 2.10. The molecule has 2 aromatic carbocycles. The fourth-order valence-corrected chi connectivity index (χ4v) is 2.16. The normalized spacial score (nSPS) is 10.4. The number of hydrogen-bond acceptors (Lipinski definition) is 7. The van der Waals surface area contributed by atoms with E-state index in [9.17, 15) is 14.7 Å². The molecule has 0 saturated carbocycles. The Morgan fingerprint density at radius 2 is 1.72 bits per heavy atom. The highest BCUT2D eigenvalue weighted by atomic mass is 35.5. The average molecular weight is 423 g/mol. The first-order chi connectivity index (χ1) is 13.4. The Kier molecular flexibility index (Phi) is 9.57. The topological polar surface area (TPSA) is 124 Å². The van der Waals surface area contributed by atoms with Crippen LogP contribution >= 0.6 is 12.4 Å². The summed E-state index contributed by atoms with van der Waals surface area (Å²) in [6.07, 6.45) is -0.402. The zero-order chi connectivity index (χ0) is 20.5. The Hall–Kier alpha value is -3.17. The Morgan fingerprint density at radius 1 is 1.10 bits per heavy atom. The van der Waals surface area contributed by atoms with Crippen LogP contribution < -0.4 is 5.32 Å². The first kappa shape index (κ1) is 23.9. The van der Waals surface area contributed by atoms with Gasteiger partial charge in [-0.1, -0.05) is 12.1 Å². The van der Waals surface area contributed by atoms with Crippen molar-refractivity contribution in [3.8, 4) is 5.75 Å². The van der Waals surface area contributed by atoms with Crippen LogP contribution in [0.1, 0.15) is 15.9 Å². The number of azo groups is 1. The van der Waals surface area contributed by atoms with Gasteiger partial charge in [0.15, 0.2) is 0 Å². The summed E-state index contributed by atoms with van der Waals surface area (Å²) in [5.74, 6) is -1.58. The molecule has 29 heavy (non-hydrogen) atoms. The van der Waals surface area contributed by atoms with Gasteiger partial charge in [0.25, 0.3) is 0 Å². The Balaban J connectivity index is 0.00000420. The average Bonchev–Trinajstić information content (AvgIpc) is 2.70. The quantitative estimate of drug-likeness (QED) is 0.557. The van der Waals surface area contributed by atoms with Crippen molar-refractivity contribution in [2.24, 2.45) is 10.2 Å². The van der Waals surface area contributed by atoms with Crippen molar-refractivity contribution in [3.05, 3.63) is 53.6 Å². The third-order valence-corrected chi connectivity index (χ3v) is 3.80. The molecule has 0 saturated heterocycles. The fraction of sp³-hybridized carbons (Fsp3) is 0.263. The molecule has 2 rings (SSSR count). The first-order valence-electron chi connectivity index (χ1n) is 8.50. The highest BCUT2D eigenvalue weighted by Crippen LogP contribution is 2.25. The lowest BCUT2D eigenvalue weighted by atomic mass is 10.2. The van der Waals surface area contributed by atoms with E-state index in [2.05, 4.69) is 15.5 Å². The molecule has 0 aliphatic rings. The van der Waals surface area contributed by atoms with E-state index in [1.165, 1.54) is 23.1 Å². The molecular weight excluding hydrogens is 400 g/mol. The van der Waals surface area contributed by atoms with Crippen molar-refractivity contribution in [1.29, 1.82) is 0 Å². The van der Waals surface area contributed by atoms with Crippen molar-refractivity contribution in [3.63, 3.8) is 0 Å². The largest absolute Gasteiger partial charge is 0.507 e. The number of carboxylic acids is 1. The van der Waals surface area contributed by atoms with E-state index in [4.69, 9.17) is 9.84 Å². The molecule has 3 N–H and O–H groups in total. The molecule has 0 atom stereocenters. The summed E-state index contributed by atoms with van der Waals surface area (Å²) in [5.41, 5.74) is 1.41. The molecule has 0 unspecified atom stereocenters. The van der Waals surface area contributed by atoms with E-state index in [0.717, 1.165) is 5.56 Å². The van der Waals surface area contributed by atoms with Crippen LogP contribution in [-0.2, 0) is 11.3 Å². The lowest BCUT2D eigenvalue weighted by Gasteiger charge is -2.16. The summed E-state index contributed by atoms with van der Waals surface area (Å²) in [4.78, 5) is 24.3. The molecule has 156 valence electrons. The van der Waals surface area contributed by atoms with Gasteiger partial charge < -0.3 is 25.2 Å². The van der Waals surface area contributed by atoms with Crippen molar-refractivity contribution in [2.75, 3.05) is 27.2 Å². The molecular formula is C19H23ClN4O5. The second-order valence-electron chi connectivity index (χ2n) is 5.95. The number of carboxylic acid groups (broad SMARTS) is 1. The molecule has 0 fully saturated rings. The van der Waals surface area contributed by atoms with Gasteiger partial charge in [-0.25, -0.2) is 9.59 Å². The van der Waals surface area contributed by atoms with Gasteiger partial charge in [-0.05, 0) is 42.9 Å². The highest BCUT2D eigenvalue weighted by molar-refractivity contribution is 5.91. The molecule has 2 aromatic rings. The van der Waals surface area contributed by atoms with Gasteiger partial charge in [-0.15, -0.1) is 12.4 Å². The number of ether oxygens (including phenoxy) is 1. The fourth-order valence-electron chi connectivity index (χ4n) is 2.16. The first-order valence-corrected chi connectivity index (χ1v) is 8.50. The molecule has 9 nitrogen and oxygen atoms in total. The van der Waals surface area contributed by atoms with Gasteiger partial charge in [-0.2, -0.15) is 10.2 Å². The second kappa shape index (κ2) is 11.6. The van der Waals surface area contributed by atoms with Gasteiger partial charge in [0, 0.05) is 20.1 Å². The standard InChI is InChI=1S/C19H22N4O5.ClH/c1-20-9-10-23(2)19(27)28-12-13-3-5-14(6-4-13)21-22-15-7-8-17(24)16(11-15)18(25)26;/h3-8,11,20,24H,9-10,12H2,1-2H3,(H,25,26);1H/b22-21+;. The number of nitrogens with zero attached hydrogens (tertiary/aromatic N) is 3. The van der Waals surface area contributed by atoms with Crippen LogP contribution in [0.4, 0.5) is 16.2 Å². The van der Waals surface area contributed by atoms with Crippen LogP contribution in [0, 0.1) is 0 Å². The number of rotatable bonds is 8. The number of carbonyl (C=O) groups excluding carboxylic acids is 1. The molecule has 0 aromatic heterocycles. The van der Waals surface area contributed by atoms with E-state index in [0.29, 0.717) is 24.5 Å². The summed E-state index contributed by atoms with van der Waals surface area (Å²) in [7, 11) is 3.48.